The summed E-state index contributed by atoms with van der Waals surface area (Å²) in [6, 6.07) is 8.94. The Labute approximate surface area is 163 Å². The van der Waals surface area contributed by atoms with E-state index in [0.717, 1.165) is 17.0 Å². The van der Waals surface area contributed by atoms with Crippen LogP contribution in [0.3, 0.4) is 0 Å². The molecule has 27 heavy (non-hydrogen) atoms. The number of carbonyl (C=O) groups is 2. The second-order valence-electron chi connectivity index (χ2n) is 5.54. The zero-order valence-corrected chi connectivity index (χ0v) is 15.6. The summed E-state index contributed by atoms with van der Waals surface area (Å²) >= 11 is 11.9. The van der Waals surface area contributed by atoms with Crippen molar-refractivity contribution in [3.63, 3.8) is 0 Å². The monoisotopic (exact) mass is 418 g/mol. The number of alkyl halides is 3. The molecular weight excluding hydrogens is 404 g/mol. The van der Waals surface area contributed by atoms with E-state index in [1.54, 1.807) is 6.92 Å². The first-order valence-corrected chi connectivity index (χ1v) is 8.59. The van der Waals surface area contributed by atoms with Crippen LogP contribution in [0.5, 0.6) is 0 Å². The van der Waals surface area contributed by atoms with Crippen LogP contribution in [0.15, 0.2) is 42.5 Å². The van der Waals surface area contributed by atoms with Crippen molar-refractivity contribution in [2.24, 2.45) is 0 Å². The van der Waals surface area contributed by atoms with Crippen molar-refractivity contribution in [3.05, 3.63) is 63.6 Å². The van der Waals surface area contributed by atoms with Gasteiger partial charge in [-0.2, -0.15) is 13.2 Å². The average Bonchev–Trinajstić information content (AvgIpc) is 2.60. The number of hydrogen-bond donors (Lipinski definition) is 1. The lowest BCUT2D eigenvalue weighted by Crippen LogP contribution is -2.38. The van der Waals surface area contributed by atoms with Gasteiger partial charge in [0.1, 0.15) is 6.54 Å². The second kappa shape index (κ2) is 8.63. The standard InChI is InChI=1S/C18H15Cl2F3N2O2/c1-2-25(17(27)12-9-11(19)7-8-14(12)20)10-16(26)24-15-6-4-3-5-13(15)18(21,22)23/h3-9H,2,10H2,1H3,(H,24,26). The first kappa shape index (κ1) is 21.1. The molecule has 0 aliphatic carbocycles. The number of amides is 2. The third-order valence-electron chi connectivity index (χ3n) is 3.67. The SMILES string of the molecule is CCN(CC(=O)Nc1ccccc1C(F)(F)F)C(=O)c1cc(Cl)ccc1Cl. The number of benzene rings is 2. The van der Waals surface area contributed by atoms with Gasteiger partial charge in [0.05, 0.1) is 21.8 Å². The summed E-state index contributed by atoms with van der Waals surface area (Å²) < 4.78 is 39.0. The fourth-order valence-corrected chi connectivity index (χ4v) is 2.73. The smallest absolute Gasteiger partial charge is 0.330 e. The van der Waals surface area contributed by atoms with Crippen molar-refractivity contribution in [2.45, 2.75) is 13.1 Å². The quantitative estimate of drug-likeness (QED) is 0.732. The van der Waals surface area contributed by atoms with Crippen LogP contribution >= 0.6 is 23.2 Å². The van der Waals surface area contributed by atoms with E-state index >= 15 is 0 Å². The Morgan fingerprint density at radius 2 is 1.78 bits per heavy atom. The van der Waals surface area contributed by atoms with Crippen molar-refractivity contribution in [2.75, 3.05) is 18.4 Å². The Balaban J connectivity index is 2.17. The maximum absolute atomic E-state index is 13.0. The van der Waals surface area contributed by atoms with Crippen LogP contribution in [0, 0.1) is 0 Å². The molecule has 0 saturated carbocycles. The van der Waals surface area contributed by atoms with Crippen molar-refractivity contribution < 1.29 is 22.8 Å². The summed E-state index contributed by atoms with van der Waals surface area (Å²) in [6.07, 6.45) is -4.61. The van der Waals surface area contributed by atoms with E-state index in [0.29, 0.717) is 5.02 Å². The third kappa shape index (κ3) is 5.37. The molecule has 0 aromatic heterocycles. The molecule has 0 atom stereocenters. The number of para-hydroxylation sites is 1. The molecule has 0 saturated heterocycles. The van der Waals surface area contributed by atoms with Crippen LogP contribution < -0.4 is 5.32 Å². The number of likely N-dealkylation sites (N-methyl/N-ethyl adjacent to an activating group) is 1. The number of halogens is 5. The van der Waals surface area contributed by atoms with Crippen LogP contribution in [0.25, 0.3) is 0 Å². The molecule has 0 aliphatic heterocycles. The maximum atomic E-state index is 13.0. The van der Waals surface area contributed by atoms with E-state index in [-0.39, 0.29) is 22.8 Å². The molecule has 0 fully saturated rings. The lowest BCUT2D eigenvalue weighted by atomic mass is 10.1. The summed E-state index contributed by atoms with van der Waals surface area (Å²) in [7, 11) is 0. The summed E-state index contributed by atoms with van der Waals surface area (Å²) in [6.45, 7) is 1.34. The van der Waals surface area contributed by atoms with Gasteiger partial charge in [0.15, 0.2) is 0 Å². The normalized spacial score (nSPS) is 11.2. The Hall–Kier alpha value is -2.25. The van der Waals surface area contributed by atoms with Crippen LogP contribution in [0.2, 0.25) is 10.0 Å². The van der Waals surface area contributed by atoms with Crippen molar-refractivity contribution >= 4 is 40.7 Å². The summed E-state index contributed by atoms with van der Waals surface area (Å²) in [5.41, 5.74) is -1.24. The molecule has 2 rings (SSSR count). The Kier molecular flexibility index (Phi) is 6.73. The predicted molar refractivity (Wildman–Crippen MR) is 98.1 cm³/mol. The summed E-state index contributed by atoms with van der Waals surface area (Å²) in [5, 5.41) is 2.65. The van der Waals surface area contributed by atoms with Gasteiger partial charge in [-0.25, -0.2) is 0 Å². The lowest BCUT2D eigenvalue weighted by molar-refractivity contribution is -0.137. The number of hydrogen-bond acceptors (Lipinski definition) is 2. The molecule has 0 heterocycles. The van der Waals surface area contributed by atoms with Gasteiger partial charge in [-0.05, 0) is 37.3 Å². The first-order valence-electron chi connectivity index (χ1n) is 7.84. The fraction of sp³-hybridized carbons (Fsp3) is 0.222. The second-order valence-corrected chi connectivity index (χ2v) is 6.38. The number of anilines is 1. The van der Waals surface area contributed by atoms with Crippen LogP contribution in [-0.4, -0.2) is 29.8 Å². The van der Waals surface area contributed by atoms with Crippen LogP contribution in [-0.2, 0) is 11.0 Å². The lowest BCUT2D eigenvalue weighted by Gasteiger charge is -2.21. The van der Waals surface area contributed by atoms with Gasteiger partial charge in [0.2, 0.25) is 5.91 Å². The molecule has 4 nitrogen and oxygen atoms in total. The van der Waals surface area contributed by atoms with E-state index in [9.17, 15) is 22.8 Å². The predicted octanol–water partition coefficient (Wildman–Crippen LogP) is 5.11. The zero-order valence-electron chi connectivity index (χ0n) is 14.1. The Morgan fingerprint density at radius 3 is 2.41 bits per heavy atom. The molecular formula is C18H15Cl2F3N2O2. The van der Waals surface area contributed by atoms with Crippen LogP contribution in [0.4, 0.5) is 18.9 Å². The molecule has 0 spiro atoms. The van der Waals surface area contributed by atoms with E-state index in [1.807, 2.05) is 0 Å². The number of nitrogens with zero attached hydrogens (tertiary/aromatic N) is 1. The van der Waals surface area contributed by atoms with Crippen LogP contribution in [0.1, 0.15) is 22.8 Å². The van der Waals surface area contributed by atoms with E-state index in [2.05, 4.69) is 5.32 Å². The molecule has 144 valence electrons. The van der Waals surface area contributed by atoms with Crippen molar-refractivity contribution in [3.8, 4) is 0 Å². The topological polar surface area (TPSA) is 49.4 Å². The average molecular weight is 419 g/mol. The Morgan fingerprint density at radius 1 is 1.11 bits per heavy atom. The van der Waals surface area contributed by atoms with Gasteiger partial charge in [0.25, 0.3) is 5.91 Å². The maximum Gasteiger partial charge on any atom is 0.418 e. The highest BCUT2D eigenvalue weighted by Gasteiger charge is 2.33. The minimum Gasteiger partial charge on any atom is -0.330 e. The van der Waals surface area contributed by atoms with Gasteiger partial charge >= 0.3 is 6.18 Å². The number of rotatable bonds is 5. The highest BCUT2D eigenvalue weighted by atomic mass is 35.5. The molecule has 2 aromatic rings. The van der Waals surface area contributed by atoms with Gasteiger partial charge in [-0.3, -0.25) is 9.59 Å². The highest BCUT2D eigenvalue weighted by molar-refractivity contribution is 6.35. The number of nitrogens with one attached hydrogen (secondary N) is 1. The first-order chi connectivity index (χ1) is 12.6. The minimum absolute atomic E-state index is 0.106. The minimum atomic E-state index is -4.61. The fourth-order valence-electron chi connectivity index (χ4n) is 2.36. The highest BCUT2D eigenvalue weighted by Crippen LogP contribution is 2.34. The van der Waals surface area contributed by atoms with Gasteiger partial charge < -0.3 is 10.2 Å². The largest absolute Gasteiger partial charge is 0.418 e. The van der Waals surface area contributed by atoms with Crippen molar-refractivity contribution in [1.82, 2.24) is 4.90 Å². The van der Waals surface area contributed by atoms with E-state index < -0.39 is 30.1 Å². The molecule has 0 unspecified atom stereocenters. The van der Waals surface area contributed by atoms with Gasteiger partial charge in [-0.1, -0.05) is 35.3 Å². The molecule has 1 N–H and O–H groups in total. The molecule has 0 radical (unpaired) electrons. The van der Waals surface area contributed by atoms with Crippen molar-refractivity contribution in [1.29, 1.82) is 0 Å². The van der Waals surface area contributed by atoms with Gasteiger partial charge in [0, 0.05) is 11.6 Å². The molecule has 2 aromatic carbocycles. The van der Waals surface area contributed by atoms with E-state index in [4.69, 9.17) is 23.2 Å². The third-order valence-corrected chi connectivity index (χ3v) is 4.23. The summed E-state index contributed by atoms with van der Waals surface area (Å²) in [5.74, 6) is -1.32. The van der Waals surface area contributed by atoms with E-state index in [1.165, 1.54) is 30.3 Å². The molecule has 0 aliphatic rings. The number of carbonyl (C=O) groups excluding carboxylic acids is 2. The molecule has 0 bridgehead atoms. The summed E-state index contributed by atoms with van der Waals surface area (Å²) in [4.78, 5) is 26.0. The zero-order chi connectivity index (χ0) is 20.2. The molecule has 2 amide bonds. The Bertz CT molecular complexity index is 857. The molecule has 9 heteroatoms. The van der Waals surface area contributed by atoms with Gasteiger partial charge in [-0.15, -0.1) is 0 Å².